The minimum absolute atomic E-state index is 0.394. The van der Waals surface area contributed by atoms with Crippen LogP contribution in [0.5, 0.6) is 0 Å². The number of thioether (sulfide) groups is 3. The summed E-state index contributed by atoms with van der Waals surface area (Å²) in [7, 11) is 0. The van der Waals surface area contributed by atoms with E-state index >= 15 is 0 Å². The van der Waals surface area contributed by atoms with Crippen molar-refractivity contribution in [2.45, 2.75) is 23.5 Å². The Morgan fingerprint density at radius 1 is 1.25 bits per heavy atom. The van der Waals surface area contributed by atoms with Crippen LogP contribution in [0, 0.1) is 0 Å². The van der Waals surface area contributed by atoms with Gasteiger partial charge >= 0.3 is 0 Å². The molecule has 0 radical (unpaired) electrons. The van der Waals surface area contributed by atoms with Gasteiger partial charge in [0.1, 0.15) is 0 Å². The quantitative estimate of drug-likeness (QED) is 0.450. The lowest BCUT2D eigenvalue weighted by atomic mass is 10.4. The number of ether oxygens (including phenoxy) is 2. The highest BCUT2D eigenvalue weighted by molar-refractivity contribution is 8.07. The SMILES string of the molecule is CC(CSCCOCC1CS1)OCC1CS1. The first-order valence-electron chi connectivity index (χ1n) is 5.85. The molecule has 16 heavy (non-hydrogen) atoms. The highest BCUT2D eigenvalue weighted by Crippen LogP contribution is 2.30. The predicted octanol–water partition coefficient (Wildman–Crippen LogP) is 2.37. The average Bonchev–Trinajstić information content (AvgIpc) is 3.15. The summed E-state index contributed by atoms with van der Waals surface area (Å²) in [5.41, 5.74) is 0. The summed E-state index contributed by atoms with van der Waals surface area (Å²) in [5, 5.41) is 1.61. The van der Waals surface area contributed by atoms with Gasteiger partial charge in [-0.05, 0) is 6.92 Å². The first kappa shape index (κ1) is 13.4. The van der Waals surface area contributed by atoms with E-state index < -0.39 is 0 Å². The van der Waals surface area contributed by atoms with Crippen LogP contribution in [0.25, 0.3) is 0 Å². The van der Waals surface area contributed by atoms with Gasteiger partial charge in [-0.2, -0.15) is 35.3 Å². The maximum absolute atomic E-state index is 5.73. The molecule has 94 valence electrons. The van der Waals surface area contributed by atoms with Crippen LogP contribution in [0.15, 0.2) is 0 Å². The summed E-state index contributed by atoms with van der Waals surface area (Å²) in [5.74, 6) is 4.80. The van der Waals surface area contributed by atoms with Crippen LogP contribution in [0.2, 0.25) is 0 Å². The summed E-state index contributed by atoms with van der Waals surface area (Å²) < 4.78 is 11.3. The molecule has 0 aromatic carbocycles. The zero-order chi connectivity index (χ0) is 11.2. The molecule has 2 heterocycles. The van der Waals surface area contributed by atoms with Gasteiger partial charge in [0.25, 0.3) is 0 Å². The van der Waals surface area contributed by atoms with Crippen LogP contribution >= 0.6 is 35.3 Å². The Bertz CT molecular complexity index is 196. The molecule has 2 saturated heterocycles. The molecule has 3 unspecified atom stereocenters. The van der Waals surface area contributed by atoms with Crippen molar-refractivity contribution in [3.8, 4) is 0 Å². The third kappa shape index (κ3) is 6.64. The summed E-state index contributed by atoms with van der Waals surface area (Å²) in [6, 6.07) is 0. The van der Waals surface area contributed by atoms with E-state index in [1.165, 1.54) is 11.5 Å². The Morgan fingerprint density at radius 3 is 2.62 bits per heavy atom. The Morgan fingerprint density at radius 2 is 1.94 bits per heavy atom. The van der Waals surface area contributed by atoms with Gasteiger partial charge in [-0.25, -0.2) is 0 Å². The number of hydrogen-bond donors (Lipinski definition) is 0. The number of hydrogen-bond acceptors (Lipinski definition) is 5. The molecule has 0 aromatic heterocycles. The van der Waals surface area contributed by atoms with Gasteiger partial charge in [-0.3, -0.25) is 0 Å². The van der Waals surface area contributed by atoms with E-state index in [4.69, 9.17) is 9.47 Å². The molecule has 3 atom stereocenters. The first-order chi connectivity index (χ1) is 7.84. The molecule has 5 heteroatoms. The fraction of sp³-hybridized carbons (Fsp3) is 1.00. The Hall–Kier alpha value is 0.970. The van der Waals surface area contributed by atoms with Gasteiger partial charge in [-0.15, -0.1) is 0 Å². The van der Waals surface area contributed by atoms with Crippen molar-refractivity contribution < 1.29 is 9.47 Å². The van der Waals surface area contributed by atoms with Gasteiger partial charge in [0, 0.05) is 33.5 Å². The molecule has 0 bridgehead atoms. The van der Waals surface area contributed by atoms with Crippen LogP contribution in [0.4, 0.5) is 0 Å². The normalized spacial score (nSPS) is 29.1. The van der Waals surface area contributed by atoms with Crippen molar-refractivity contribution in [2.24, 2.45) is 0 Å². The minimum Gasteiger partial charge on any atom is -0.379 e. The molecule has 2 fully saturated rings. The maximum atomic E-state index is 5.73. The second-order valence-electron chi connectivity index (χ2n) is 4.20. The van der Waals surface area contributed by atoms with Crippen LogP contribution in [0.3, 0.4) is 0 Å². The number of rotatable bonds is 10. The molecule has 0 spiro atoms. The molecule has 0 aromatic rings. The van der Waals surface area contributed by atoms with Crippen LogP contribution in [0.1, 0.15) is 6.92 Å². The summed E-state index contributed by atoms with van der Waals surface area (Å²) in [6.45, 7) is 4.96. The van der Waals surface area contributed by atoms with E-state index in [1.807, 2.05) is 35.3 Å². The van der Waals surface area contributed by atoms with Crippen LogP contribution in [-0.4, -0.2) is 59.4 Å². The second kappa shape index (κ2) is 7.41. The Labute approximate surface area is 111 Å². The van der Waals surface area contributed by atoms with Crippen molar-refractivity contribution in [3.63, 3.8) is 0 Å². The lowest BCUT2D eigenvalue weighted by Crippen LogP contribution is -2.15. The third-order valence-corrected chi connectivity index (χ3v) is 5.44. The van der Waals surface area contributed by atoms with Crippen molar-refractivity contribution in [1.29, 1.82) is 0 Å². The summed E-state index contributed by atoms with van der Waals surface area (Å²) in [4.78, 5) is 0. The van der Waals surface area contributed by atoms with E-state index in [9.17, 15) is 0 Å². The van der Waals surface area contributed by atoms with E-state index in [-0.39, 0.29) is 0 Å². The van der Waals surface area contributed by atoms with Crippen molar-refractivity contribution >= 4 is 35.3 Å². The lowest BCUT2D eigenvalue weighted by Gasteiger charge is -2.11. The Kier molecular flexibility index (Phi) is 6.21. The Balaban J connectivity index is 1.32. The van der Waals surface area contributed by atoms with Gasteiger partial charge in [0.2, 0.25) is 0 Å². The zero-order valence-corrected chi connectivity index (χ0v) is 12.2. The molecule has 0 saturated carbocycles. The van der Waals surface area contributed by atoms with Crippen LogP contribution < -0.4 is 0 Å². The molecule has 0 aliphatic carbocycles. The molecule has 2 rings (SSSR count). The van der Waals surface area contributed by atoms with Gasteiger partial charge < -0.3 is 9.47 Å². The van der Waals surface area contributed by atoms with Gasteiger partial charge in [0.05, 0.1) is 25.9 Å². The maximum Gasteiger partial charge on any atom is 0.0637 e. The van der Waals surface area contributed by atoms with Crippen molar-refractivity contribution in [2.75, 3.05) is 42.8 Å². The van der Waals surface area contributed by atoms with E-state index in [0.29, 0.717) is 6.10 Å². The molecule has 2 aliphatic rings. The molecule has 0 amide bonds. The monoisotopic (exact) mass is 280 g/mol. The fourth-order valence-electron chi connectivity index (χ4n) is 1.23. The molecular formula is C11H20O2S3. The summed E-state index contributed by atoms with van der Waals surface area (Å²) in [6.07, 6.45) is 0.394. The first-order valence-corrected chi connectivity index (χ1v) is 9.10. The lowest BCUT2D eigenvalue weighted by molar-refractivity contribution is 0.0884. The smallest absolute Gasteiger partial charge is 0.0637 e. The fourth-order valence-corrected chi connectivity index (χ4v) is 2.89. The molecule has 2 aliphatic heterocycles. The second-order valence-corrected chi connectivity index (χ2v) is 8.02. The van der Waals surface area contributed by atoms with Gasteiger partial charge in [0.15, 0.2) is 0 Å². The average molecular weight is 280 g/mol. The van der Waals surface area contributed by atoms with Crippen molar-refractivity contribution in [3.05, 3.63) is 0 Å². The van der Waals surface area contributed by atoms with Gasteiger partial charge in [-0.1, -0.05) is 0 Å². The molecule has 2 nitrogen and oxygen atoms in total. The third-order valence-electron chi connectivity index (χ3n) is 2.40. The van der Waals surface area contributed by atoms with E-state index in [0.717, 1.165) is 41.8 Å². The van der Waals surface area contributed by atoms with Crippen molar-refractivity contribution in [1.82, 2.24) is 0 Å². The zero-order valence-electron chi connectivity index (χ0n) is 9.72. The standard InChI is InChI=1S/C11H20O2S3/c1-9(13-5-11-8-16-11)6-14-3-2-12-4-10-7-15-10/h9-11H,2-8H2,1H3. The highest BCUT2D eigenvalue weighted by Gasteiger charge is 2.23. The highest BCUT2D eigenvalue weighted by atomic mass is 32.2. The van der Waals surface area contributed by atoms with E-state index in [1.54, 1.807) is 0 Å². The molecule has 0 N–H and O–H groups in total. The minimum atomic E-state index is 0.394. The molecular weight excluding hydrogens is 260 g/mol. The largest absolute Gasteiger partial charge is 0.379 e. The van der Waals surface area contributed by atoms with Crippen LogP contribution in [-0.2, 0) is 9.47 Å². The summed E-state index contributed by atoms with van der Waals surface area (Å²) >= 11 is 5.94. The predicted molar refractivity (Wildman–Crippen MR) is 76.1 cm³/mol. The topological polar surface area (TPSA) is 18.5 Å². The van der Waals surface area contributed by atoms with E-state index in [2.05, 4.69) is 6.92 Å².